The van der Waals surface area contributed by atoms with Crippen LogP contribution < -0.4 is 0 Å². The molecule has 0 aromatic heterocycles. The van der Waals surface area contributed by atoms with Crippen molar-refractivity contribution in [2.24, 2.45) is 0 Å². The Hall–Kier alpha value is -1.72. The van der Waals surface area contributed by atoms with Crippen LogP contribution in [0.4, 0.5) is 0 Å². The summed E-state index contributed by atoms with van der Waals surface area (Å²) in [5.41, 5.74) is 0.955. The molecule has 1 aromatic carbocycles. The van der Waals surface area contributed by atoms with Crippen LogP contribution in [0, 0.1) is 0 Å². The molecule has 100 valence electrons. The number of carbonyl (C=O) groups excluding carboxylic acids is 2. The monoisotopic (exact) mass is 261 g/mol. The van der Waals surface area contributed by atoms with E-state index in [2.05, 4.69) is 0 Å². The molecule has 2 aliphatic heterocycles. The SMILES string of the molecule is CC1(CCN2C(=O)c3ccccc3C2=O)OCCO1. The number of nitrogens with zero attached hydrogens (tertiary/aromatic N) is 1. The van der Waals surface area contributed by atoms with E-state index in [1.54, 1.807) is 24.3 Å². The zero-order chi connectivity index (χ0) is 13.5. The molecule has 0 saturated carbocycles. The van der Waals surface area contributed by atoms with Gasteiger partial charge in [-0.2, -0.15) is 0 Å². The average molecular weight is 261 g/mol. The van der Waals surface area contributed by atoms with Gasteiger partial charge in [-0.1, -0.05) is 12.1 Å². The molecule has 0 N–H and O–H groups in total. The fraction of sp³-hybridized carbons (Fsp3) is 0.429. The maximum Gasteiger partial charge on any atom is 0.261 e. The van der Waals surface area contributed by atoms with Crippen LogP contribution >= 0.6 is 0 Å². The average Bonchev–Trinajstić information content (AvgIpc) is 2.94. The molecule has 19 heavy (non-hydrogen) atoms. The Balaban J connectivity index is 1.74. The summed E-state index contributed by atoms with van der Waals surface area (Å²) in [5, 5.41) is 0. The van der Waals surface area contributed by atoms with Gasteiger partial charge in [-0.15, -0.1) is 0 Å². The maximum atomic E-state index is 12.1. The largest absolute Gasteiger partial charge is 0.348 e. The lowest BCUT2D eigenvalue weighted by molar-refractivity contribution is -0.147. The van der Waals surface area contributed by atoms with Crippen molar-refractivity contribution < 1.29 is 19.1 Å². The Morgan fingerprint density at radius 3 is 2.16 bits per heavy atom. The molecule has 5 nitrogen and oxygen atoms in total. The van der Waals surface area contributed by atoms with Crippen molar-refractivity contribution in [3.8, 4) is 0 Å². The van der Waals surface area contributed by atoms with E-state index in [0.29, 0.717) is 37.3 Å². The molecule has 2 aliphatic rings. The standard InChI is InChI=1S/C14H15NO4/c1-14(18-8-9-19-14)6-7-15-12(16)10-4-2-3-5-11(10)13(15)17/h2-5H,6-9H2,1H3. The summed E-state index contributed by atoms with van der Waals surface area (Å²) < 4.78 is 11.0. The number of carbonyl (C=O) groups is 2. The molecule has 2 amide bonds. The Bertz CT molecular complexity index is 499. The lowest BCUT2D eigenvalue weighted by Gasteiger charge is -2.24. The second-order valence-corrected chi connectivity index (χ2v) is 4.89. The van der Waals surface area contributed by atoms with Crippen LogP contribution in [0.5, 0.6) is 0 Å². The zero-order valence-electron chi connectivity index (χ0n) is 10.7. The summed E-state index contributed by atoms with van der Waals surface area (Å²) in [6, 6.07) is 6.88. The summed E-state index contributed by atoms with van der Waals surface area (Å²) in [4.78, 5) is 25.5. The second-order valence-electron chi connectivity index (χ2n) is 4.89. The van der Waals surface area contributed by atoms with E-state index >= 15 is 0 Å². The summed E-state index contributed by atoms with van der Waals surface area (Å²) in [6.45, 7) is 3.25. The van der Waals surface area contributed by atoms with E-state index in [1.165, 1.54) is 4.90 Å². The van der Waals surface area contributed by atoms with E-state index in [-0.39, 0.29) is 11.8 Å². The molecule has 1 aromatic rings. The van der Waals surface area contributed by atoms with Gasteiger partial charge in [-0.25, -0.2) is 0 Å². The molecule has 1 saturated heterocycles. The fourth-order valence-corrected chi connectivity index (χ4v) is 2.46. The molecule has 0 unspecified atom stereocenters. The van der Waals surface area contributed by atoms with Crippen molar-refractivity contribution in [2.75, 3.05) is 19.8 Å². The van der Waals surface area contributed by atoms with Crippen LogP contribution in [0.1, 0.15) is 34.1 Å². The first-order valence-corrected chi connectivity index (χ1v) is 6.34. The quantitative estimate of drug-likeness (QED) is 0.772. The van der Waals surface area contributed by atoms with Gasteiger partial charge in [0.05, 0.1) is 24.3 Å². The molecular formula is C14H15NO4. The van der Waals surface area contributed by atoms with Gasteiger partial charge in [0.1, 0.15) is 0 Å². The molecule has 1 fully saturated rings. The first kappa shape index (κ1) is 12.3. The topological polar surface area (TPSA) is 55.8 Å². The van der Waals surface area contributed by atoms with Gasteiger partial charge in [-0.3, -0.25) is 14.5 Å². The molecule has 0 radical (unpaired) electrons. The van der Waals surface area contributed by atoms with E-state index in [1.807, 2.05) is 6.92 Å². The van der Waals surface area contributed by atoms with E-state index in [9.17, 15) is 9.59 Å². The van der Waals surface area contributed by atoms with Crippen molar-refractivity contribution >= 4 is 11.8 Å². The Morgan fingerprint density at radius 1 is 1.11 bits per heavy atom. The zero-order valence-corrected chi connectivity index (χ0v) is 10.7. The summed E-state index contributed by atoms with van der Waals surface area (Å²) >= 11 is 0. The Morgan fingerprint density at radius 2 is 1.63 bits per heavy atom. The van der Waals surface area contributed by atoms with Gasteiger partial charge >= 0.3 is 0 Å². The molecule has 0 atom stereocenters. The van der Waals surface area contributed by atoms with Crippen LogP contribution in [-0.2, 0) is 9.47 Å². The van der Waals surface area contributed by atoms with Crippen LogP contribution in [0.2, 0.25) is 0 Å². The number of hydrogen-bond acceptors (Lipinski definition) is 4. The number of fused-ring (bicyclic) bond motifs is 1. The van der Waals surface area contributed by atoms with E-state index in [0.717, 1.165) is 0 Å². The van der Waals surface area contributed by atoms with Gasteiger partial charge in [0.15, 0.2) is 5.79 Å². The highest BCUT2D eigenvalue weighted by atomic mass is 16.7. The third-order valence-electron chi connectivity index (χ3n) is 3.57. The molecule has 0 spiro atoms. The second kappa shape index (κ2) is 4.43. The van der Waals surface area contributed by atoms with Crippen LogP contribution in [-0.4, -0.2) is 42.3 Å². The van der Waals surface area contributed by atoms with E-state index in [4.69, 9.17) is 9.47 Å². The van der Waals surface area contributed by atoms with Gasteiger partial charge in [0, 0.05) is 13.0 Å². The predicted octanol–water partition coefficient (Wildman–Crippen LogP) is 1.44. The highest BCUT2D eigenvalue weighted by molar-refractivity contribution is 6.21. The molecule has 2 heterocycles. The number of amides is 2. The molecule has 0 aliphatic carbocycles. The minimum atomic E-state index is -0.685. The highest BCUT2D eigenvalue weighted by Gasteiger charge is 2.38. The number of imide groups is 1. The van der Waals surface area contributed by atoms with Crippen LogP contribution in [0.3, 0.4) is 0 Å². The Kier molecular flexibility index (Phi) is 2.88. The van der Waals surface area contributed by atoms with Crippen molar-refractivity contribution in [3.05, 3.63) is 35.4 Å². The normalized spacial score (nSPS) is 21.0. The summed E-state index contributed by atoms with van der Waals surface area (Å²) in [7, 11) is 0. The van der Waals surface area contributed by atoms with Gasteiger partial charge in [-0.05, 0) is 19.1 Å². The molecule has 5 heteroatoms. The fourth-order valence-electron chi connectivity index (χ4n) is 2.46. The minimum Gasteiger partial charge on any atom is -0.348 e. The number of ether oxygens (including phenoxy) is 2. The molecule has 3 rings (SSSR count). The van der Waals surface area contributed by atoms with Gasteiger partial charge < -0.3 is 9.47 Å². The summed E-state index contributed by atoms with van der Waals surface area (Å²) in [6.07, 6.45) is 0.485. The van der Waals surface area contributed by atoms with Gasteiger partial charge in [0.2, 0.25) is 0 Å². The van der Waals surface area contributed by atoms with E-state index < -0.39 is 5.79 Å². The van der Waals surface area contributed by atoms with Crippen molar-refractivity contribution in [3.63, 3.8) is 0 Å². The number of benzene rings is 1. The summed E-state index contributed by atoms with van der Waals surface area (Å²) in [5.74, 6) is -1.15. The minimum absolute atomic E-state index is 0.234. The first-order valence-electron chi connectivity index (χ1n) is 6.34. The smallest absolute Gasteiger partial charge is 0.261 e. The highest BCUT2D eigenvalue weighted by Crippen LogP contribution is 2.27. The molecular weight excluding hydrogens is 246 g/mol. The van der Waals surface area contributed by atoms with Crippen LogP contribution in [0.25, 0.3) is 0 Å². The lowest BCUT2D eigenvalue weighted by Crippen LogP contribution is -2.36. The first-order chi connectivity index (χ1) is 9.11. The van der Waals surface area contributed by atoms with Crippen molar-refractivity contribution in [1.82, 2.24) is 4.90 Å². The third-order valence-corrected chi connectivity index (χ3v) is 3.57. The Labute approximate surface area is 111 Å². The van der Waals surface area contributed by atoms with Gasteiger partial charge in [0.25, 0.3) is 11.8 Å². The maximum absolute atomic E-state index is 12.1. The number of hydrogen-bond donors (Lipinski definition) is 0. The predicted molar refractivity (Wildman–Crippen MR) is 66.7 cm³/mol. The van der Waals surface area contributed by atoms with Crippen molar-refractivity contribution in [2.45, 2.75) is 19.1 Å². The lowest BCUT2D eigenvalue weighted by atomic mass is 10.1. The third kappa shape index (κ3) is 2.05. The number of rotatable bonds is 3. The van der Waals surface area contributed by atoms with Crippen LogP contribution in [0.15, 0.2) is 24.3 Å². The van der Waals surface area contributed by atoms with Crippen molar-refractivity contribution in [1.29, 1.82) is 0 Å². The molecule has 0 bridgehead atoms.